The molecule has 2 fully saturated rings. The predicted octanol–water partition coefficient (Wildman–Crippen LogP) is 4.26. The summed E-state index contributed by atoms with van der Waals surface area (Å²) in [5.41, 5.74) is 2.39. The quantitative estimate of drug-likeness (QED) is 0.837. The summed E-state index contributed by atoms with van der Waals surface area (Å²) in [4.78, 5) is 4.77. The Morgan fingerprint density at radius 1 is 1.30 bits per heavy atom. The molecule has 0 aromatic carbocycles. The fraction of sp³-hybridized carbons (Fsp3) is 0.722. The maximum Gasteiger partial charge on any atom is 0.0576 e. The van der Waals surface area contributed by atoms with Crippen LogP contribution >= 0.6 is 0 Å². The van der Waals surface area contributed by atoms with E-state index in [1.54, 1.807) is 0 Å². The van der Waals surface area contributed by atoms with E-state index >= 15 is 0 Å². The summed E-state index contributed by atoms with van der Waals surface area (Å²) in [6, 6.07) is 6.91. The van der Waals surface area contributed by atoms with Crippen LogP contribution in [0.1, 0.15) is 62.9 Å². The van der Waals surface area contributed by atoms with Gasteiger partial charge in [-0.2, -0.15) is 0 Å². The van der Waals surface area contributed by atoms with Crippen LogP contribution in [0.4, 0.5) is 0 Å². The minimum atomic E-state index is 0.458. The molecule has 2 heteroatoms. The molecule has 2 bridgehead atoms. The number of fused-ring (bicyclic) bond motifs is 2. The Labute approximate surface area is 123 Å². The van der Waals surface area contributed by atoms with E-state index < -0.39 is 0 Å². The Kier molecular flexibility index (Phi) is 4.40. The standard InChI is InChI=1S/C18H28N2/c1-3-9-19-18(17-6-4-5-13(2)20-17)12-16-11-14-7-8-15(16)10-14/h4-6,14-16,18-19H,3,7-12H2,1-2H3. The molecule has 0 amide bonds. The second kappa shape index (κ2) is 6.26. The van der Waals surface area contributed by atoms with Gasteiger partial charge in [0.05, 0.1) is 5.69 Å². The Morgan fingerprint density at radius 2 is 2.20 bits per heavy atom. The average Bonchev–Trinajstić information content (AvgIpc) is 3.06. The van der Waals surface area contributed by atoms with Crippen LogP contribution in [-0.4, -0.2) is 11.5 Å². The molecule has 2 aliphatic rings. The van der Waals surface area contributed by atoms with E-state index in [9.17, 15) is 0 Å². The molecule has 1 aromatic rings. The molecule has 2 aliphatic carbocycles. The molecule has 3 rings (SSSR count). The van der Waals surface area contributed by atoms with Crippen molar-refractivity contribution in [2.75, 3.05) is 6.54 Å². The van der Waals surface area contributed by atoms with Crippen molar-refractivity contribution in [2.24, 2.45) is 17.8 Å². The van der Waals surface area contributed by atoms with Crippen LogP contribution in [0.5, 0.6) is 0 Å². The van der Waals surface area contributed by atoms with Crippen LogP contribution in [0.15, 0.2) is 18.2 Å². The molecule has 0 radical (unpaired) electrons. The van der Waals surface area contributed by atoms with Crippen molar-refractivity contribution in [3.63, 3.8) is 0 Å². The highest BCUT2D eigenvalue weighted by Gasteiger charge is 2.40. The molecule has 110 valence electrons. The lowest BCUT2D eigenvalue weighted by atomic mass is 9.83. The minimum absolute atomic E-state index is 0.458. The van der Waals surface area contributed by atoms with Crippen molar-refractivity contribution in [1.29, 1.82) is 0 Å². The molecule has 4 unspecified atom stereocenters. The highest BCUT2D eigenvalue weighted by atomic mass is 14.9. The molecule has 4 atom stereocenters. The molecule has 20 heavy (non-hydrogen) atoms. The SMILES string of the molecule is CCCNC(CC1CC2CCC1C2)c1cccc(C)n1. The summed E-state index contributed by atoms with van der Waals surface area (Å²) in [7, 11) is 0. The van der Waals surface area contributed by atoms with E-state index in [2.05, 4.69) is 37.4 Å². The Balaban J connectivity index is 1.69. The molecule has 2 nitrogen and oxygen atoms in total. The van der Waals surface area contributed by atoms with Gasteiger partial charge in [-0.15, -0.1) is 0 Å². The molecular formula is C18H28N2. The average molecular weight is 272 g/mol. The van der Waals surface area contributed by atoms with Crippen molar-refractivity contribution >= 4 is 0 Å². The van der Waals surface area contributed by atoms with E-state index in [0.717, 1.165) is 30.0 Å². The van der Waals surface area contributed by atoms with E-state index in [4.69, 9.17) is 4.98 Å². The highest BCUT2D eigenvalue weighted by molar-refractivity contribution is 5.14. The molecule has 0 aliphatic heterocycles. The Bertz CT molecular complexity index is 443. The van der Waals surface area contributed by atoms with Gasteiger partial charge in [-0.3, -0.25) is 4.98 Å². The maximum absolute atomic E-state index is 4.77. The second-order valence-corrected chi connectivity index (χ2v) is 6.88. The lowest BCUT2D eigenvalue weighted by molar-refractivity contribution is 0.277. The summed E-state index contributed by atoms with van der Waals surface area (Å²) in [6.45, 7) is 5.43. The van der Waals surface area contributed by atoms with E-state index in [-0.39, 0.29) is 0 Å². The van der Waals surface area contributed by atoms with Gasteiger partial charge in [-0.25, -0.2) is 0 Å². The van der Waals surface area contributed by atoms with Gasteiger partial charge in [0.25, 0.3) is 0 Å². The Morgan fingerprint density at radius 3 is 2.85 bits per heavy atom. The van der Waals surface area contributed by atoms with Gasteiger partial charge in [0, 0.05) is 11.7 Å². The smallest absolute Gasteiger partial charge is 0.0576 e. The van der Waals surface area contributed by atoms with Crippen LogP contribution in [0.2, 0.25) is 0 Å². The van der Waals surface area contributed by atoms with E-state index in [1.165, 1.54) is 44.2 Å². The summed E-state index contributed by atoms with van der Waals surface area (Å²) < 4.78 is 0. The summed E-state index contributed by atoms with van der Waals surface area (Å²) in [5.74, 6) is 2.99. The Hall–Kier alpha value is -0.890. The second-order valence-electron chi connectivity index (χ2n) is 6.88. The summed E-state index contributed by atoms with van der Waals surface area (Å²) >= 11 is 0. The lowest BCUT2D eigenvalue weighted by Crippen LogP contribution is -2.27. The number of pyridine rings is 1. The first kappa shape index (κ1) is 14.1. The van der Waals surface area contributed by atoms with Gasteiger partial charge in [0.2, 0.25) is 0 Å². The highest BCUT2D eigenvalue weighted by Crippen LogP contribution is 2.50. The van der Waals surface area contributed by atoms with Crippen molar-refractivity contribution in [1.82, 2.24) is 10.3 Å². The van der Waals surface area contributed by atoms with Gasteiger partial charge >= 0.3 is 0 Å². The third-order valence-electron chi connectivity index (χ3n) is 5.33. The fourth-order valence-electron chi connectivity index (χ4n) is 4.35. The van der Waals surface area contributed by atoms with Gasteiger partial charge < -0.3 is 5.32 Å². The molecule has 0 spiro atoms. The fourth-order valence-corrected chi connectivity index (χ4v) is 4.35. The normalized spacial score (nSPS) is 29.8. The molecular weight excluding hydrogens is 244 g/mol. The van der Waals surface area contributed by atoms with Gasteiger partial charge in [0.1, 0.15) is 0 Å². The zero-order chi connectivity index (χ0) is 13.9. The molecule has 2 saturated carbocycles. The maximum atomic E-state index is 4.77. The van der Waals surface area contributed by atoms with Crippen LogP contribution in [0.3, 0.4) is 0 Å². The van der Waals surface area contributed by atoms with Crippen molar-refractivity contribution in [3.8, 4) is 0 Å². The largest absolute Gasteiger partial charge is 0.309 e. The van der Waals surface area contributed by atoms with Gasteiger partial charge in [-0.05, 0) is 75.5 Å². The van der Waals surface area contributed by atoms with E-state index in [1.807, 2.05) is 0 Å². The van der Waals surface area contributed by atoms with Gasteiger partial charge in [-0.1, -0.05) is 19.4 Å². The topological polar surface area (TPSA) is 24.9 Å². The van der Waals surface area contributed by atoms with Crippen LogP contribution in [-0.2, 0) is 0 Å². The molecule has 1 heterocycles. The third-order valence-corrected chi connectivity index (χ3v) is 5.33. The number of nitrogens with zero attached hydrogens (tertiary/aromatic N) is 1. The number of hydrogen-bond donors (Lipinski definition) is 1. The van der Waals surface area contributed by atoms with Crippen molar-refractivity contribution in [2.45, 2.75) is 58.4 Å². The lowest BCUT2D eigenvalue weighted by Gasteiger charge is -2.27. The van der Waals surface area contributed by atoms with Crippen molar-refractivity contribution in [3.05, 3.63) is 29.6 Å². The monoisotopic (exact) mass is 272 g/mol. The number of aryl methyl sites for hydroxylation is 1. The zero-order valence-corrected chi connectivity index (χ0v) is 12.9. The molecule has 1 N–H and O–H groups in total. The van der Waals surface area contributed by atoms with Crippen LogP contribution in [0.25, 0.3) is 0 Å². The first-order chi connectivity index (χ1) is 9.76. The van der Waals surface area contributed by atoms with E-state index in [0.29, 0.717) is 6.04 Å². The first-order valence-electron chi connectivity index (χ1n) is 8.43. The first-order valence-corrected chi connectivity index (χ1v) is 8.43. The van der Waals surface area contributed by atoms with Crippen LogP contribution < -0.4 is 5.32 Å². The van der Waals surface area contributed by atoms with Crippen LogP contribution in [0, 0.1) is 24.7 Å². The zero-order valence-electron chi connectivity index (χ0n) is 12.9. The molecule has 1 aromatic heterocycles. The number of rotatable bonds is 6. The number of nitrogens with one attached hydrogen (secondary N) is 1. The summed E-state index contributed by atoms with van der Waals surface area (Å²) in [5, 5.41) is 3.74. The minimum Gasteiger partial charge on any atom is -0.309 e. The summed E-state index contributed by atoms with van der Waals surface area (Å²) in [6.07, 6.45) is 8.44. The van der Waals surface area contributed by atoms with Gasteiger partial charge in [0.15, 0.2) is 0 Å². The van der Waals surface area contributed by atoms with Crippen molar-refractivity contribution < 1.29 is 0 Å². The third kappa shape index (κ3) is 3.06. The number of aromatic nitrogens is 1. The predicted molar refractivity (Wildman–Crippen MR) is 83.6 cm³/mol. The number of hydrogen-bond acceptors (Lipinski definition) is 2. The molecule has 0 saturated heterocycles.